The Labute approximate surface area is 427 Å². The number of nitrogens with one attached hydrogen (secondary N) is 1. The molecule has 0 saturated carbocycles. The van der Waals surface area contributed by atoms with Gasteiger partial charge in [-0.3, -0.25) is 4.79 Å². The molecule has 1 spiro atoms. The molecule has 7 aliphatic rings. The first-order valence-electron chi connectivity index (χ1n) is 24.1. The molecular formula is C53H60ClN3O16. The first-order chi connectivity index (χ1) is 34.7. The molecule has 390 valence electrons. The Hall–Kier alpha value is -5.68. The van der Waals surface area contributed by atoms with Crippen LogP contribution in [0.25, 0.3) is 10.8 Å². The molecule has 5 aliphatic heterocycles. The van der Waals surface area contributed by atoms with Crippen LogP contribution in [-0.2, 0) is 39.6 Å². The van der Waals surface area contributed by atoms with Crippen molar-refractivity contribution in [3.63, 3.8) is 0 Å². The number of ether oxygens (including phenoxy) is 10. The zero-order valence-electron chi connectivity index (χ0n) is 41.8. The van der Waals surface area contributed by atoms with E-state index in [0.29, 0.717) is 22.1 Å². The van der Waals surface area contributed by atoms with Crippen molar-refractivity contribution in [1.82, 2.24) is 15.2 Å². The number of carbonyl (C=O) groups excluding carboxylic acids is 2. The Bertz CT molecular complexity index is 2840. The average Bonchev–Trinajstić information content (AvgIpc) is 3.95. The van der Waals surface area contributed by atoms with Crippen LogP contribution in [0.3, 0.4) is 0 Å². The standard InChI is InChI=1S/C53H60ClN3O16/c1-25(2)67-38-18-29-17-35(58)33(21-32(29)45(64-8)46(38)65-9)50(61)56-34-20-31-15-16-37(49(54)55-31)70-39-19-30-14-13-28(40(24-66-51(34)62)71-42-22-36(59)44(57(6)7)26(3)68-42)11-10-12-41-53(30,73-41)48(39)72-43-23-52(5,63)47(60)27(4)69-43/h11,15-19,21,25-27,34,36,39-44,47-48,58-60,63H,20,22-24H2,1-9H3,(H,56,61)/t26-,27-,34?,36-,39-,40?,41-,42-,43-,44+,47-,48+,52+,53+/m0/s1. The number of esters is 1. The van der Waals surface area contributed by atoms with Crippen LogP contribution in [0.1, 0.15) is 63.5 Å². The minimum absolute atomic E-state index is 0.0664. The van der Waals surface area contributed by atoms with E-state index >= 15 is 0 Å². The quantitative estimate of drug-likeness (QED) is 0.0800. The highest BCUT2D eigenvalue weighted by Crippen LogP contribution is 2.54. The smallest absolute Gasteiger partial charge is 0.329 e. The van der Waals surface area contributed by atoms with Crippen molar-refractivity contribution in [2.24, 2.45) is 0 Å². The van der Waals surface area contributed by atoms with Gasteiger partial charge >= 0.3 is 5.97 Å². The third-order valence-electron chi connectivity index (χ3n) is 13.8. The number of nitrogens with zero attached hydrogens (tertiary/aromatic N) is 2. The summed E-state index contributed by atoms with van der Waals surface area (Å²) in [6.07, 6.45) is -6.35. The van der Waals surface area contributed by atoms with Crippen LogP contribution in [-0.4, -0.2) is 168 Å². The van der Waals surface area contributed by atoms with Crippen molar-refractivity contribution in [2.75, 3.05) is 34.9 Å². The van der Waals surface area contributed by atoms with Crippen molar-refractivity contribution in [2.45, 2.75) is 145 Å². The van der Waals surface area contributed by atoms with Crippen molar-refractivity contribution in [3.05, 3.63) is 70.0 Å². The van der Waals surface area contributed by atoms with Gasteiger partial charge in [0.05, 0.1) is 55.8 Å². The minimum atomic E-state index is -1.55. The van der Waals surface area contributed by atoms with Gasteiger partial charge in [-0.15, -0.1) is 0 Å². The zero-order valence-corrected chi connectivity index (χ0v) is 42.6. The maximum absolute atomic E-state index is 14.5. The second-order valence-electron chi connectivity index (χ2n) is 19.7. The van der Waals surface area contributed by atoms with Crippen LogP contribution in [0.4, 0.5) is 0 Å². The topological polar surface area (TPSA) is 239 Å². The van der Waals surface area contributed by atoms with Crippen LogP contribution in [0.5, 0.6) is 28.7 Å². The molecule has 3 fully saturated rings. The molecule has 2 aromatic carbocycles. The summed E-state index contributed by atoms with van der Waals surface area (Å²) >= 11 is 6.86. The number of fused-ring (bicyclic) bond motifs is 8. The number of benzene rings is 2. The summed E-state index contributed by atoms with van der Waals surface area (Å²) in [5.74, 6) is 11.4. The number of amides is 1. The Kier molecular flexibility index (Phi) is 14.7. The number of pyridine rings is 1. The SMILES string of the molecule is COc1c(OC(C)C)cc2cc(O)c(C(=O)NC3Cc4ccc(c(Cl)n4)O[C@H]4C=C5C#CC(=CC#C[C@@H]6O[C@]56[C@@H]4O[C@H]4C[C@@](C)(O)[C@@H](O)[C@H](C)O4)C(O[C@H]4C[C@H](O)[C@H](N(C)C)[C@H](C)O4)COC3=O)cc2c1OC. The Morgan fingerprint density at radius 1 is 1.03 bits per heavy atom. The number of halogens is 1. The molecule has 2 aliphatic carbocycles. The average molecular weight is 1030 g/mol. The third kappa shape index (κ3) is 10.3. The van der Waals surface area contributed by atoms with Gasteiger partial charge in [-0.05, 0) is 90.5 Å². The maximum atomic E-state index is 14.5. The molecule has 14 atom stereocenters. The minimum Gasteiger partial charge on any atom is -0.507 e. The number of carbonyl (C=O) groups is 2. The monoisotopic (exact) mass is 1030 g/mol. The van der Waals surface area contributed by atoms with Crippen LogP contribution < -0.4 is 24.3 Å². The molecule has 5 bridgehead atoms. The van der Waals surface area contributed by atoms with Gasteiger partial charge in [-0.1, -0.05) is 35.3 Å². The highest BCUT2D eigenvalue weighted by atomic mass is 35.5. The van der Waals surface area contributed by atoms with E-state index in [0.717, 1.165) is 0 Å². The number of aromatic nitrogens is 1. The second kappa shape index (κ2) is 20.6. The molecule has 3 aromatic rings. The fourth-order valence-electron chi connectivity index (χ4n) is 10.3. The molecular weight excluding hydrogens is 970 g/mol. The normalized spacial score (nSPS) is 33.6. The summed E-state index contributed by atoms with van der Waals surface area (Å²) < 4.78 is 61.9. The van der Waals surface area contributed by atoms with Crippen LogP contribution in [0.2, 0.25) is 5.15 Å². The lowest BCUT2D eigenvalue weighted by molar-refractivity contribution is -0.290. The van der Waals surface area contributed by atoms with E-state index in [9.17, 15) is 30.0 Å². The number of aromatic hydroxyl groups is 1. The summed E-state index contributed by atoms with van der Waals surface area (Å²) in [6, 6.07) is 5.81. The lowest BCUT2D eigenvalue weighted by Crippen LogP contribution is -2.57. The van der Waals surface area contributed by atoms with E-state index < -0.39 is 103 Å². The second-order valence-corrected chi connectivity index (χ2v) is 20.1. The fourth-order valence-corrected chi connectivity index (χ4v) is 10.5. The number of hydrogen-bond donors (Lipinski definition) is 5. The first kappa shape index (κ1) is 52.2. The summed E-state index contributed by atoms with van der Waals surface area (Å²) in [6.45, 7) is 8.20. The van der Waals surface area contributed by atoms with Gasteiger partial charge in [-0.2, -0.15) is 0 Å². The van der Waals surface area contributed by atoms with Crippen LogP contribution in [0, 0.1) is 23.7 Å². The highest BCUT2D eigenvalue weighted by molar-refractivity contribution is 6.30. The predicted molar refractivity (Wildman–Crippen MR) is 261 cm³/mol. The molecule has 5 N–H and O–H groups in total. The van der Waals surface area contributed by atoms with Gasteiger partial charge in [0.1, 0.15) is 42.8 Å². The molecule has 2 unspecified atom stereocenters. The number of likely N-dealkylation sites (N-methyl/N-ethyl adjacent to an activating group) is 1. The fraction of sp³-hybridized carbons (Fsp3) is 0.528. The molecule has 10 rings (SSSR count). The number of aliphatic hydroxyl groups excluding tert-OH is 2. The molecule has 3 saturated heterocycles. The number of methoxy groups -OCH3 is 2. The van der Waals surface area contributed by atoms with E-state index in [-0.39, 0.29) is 70.6 Å². The highest BCUT2D eigenvalue weighted by Gasteiger charge is 2.70. The molecule has 20 heteroatoms. The van der Waals surface area contributed by atoms with Crippen LogP contribution in [0.15, 0.2) is 53.6 Å². The van der Waals surface area contributed by atoms with Gasteiger partial charge in [0.2, 0.25) is 5.75 Å². The van der Waals surface area contributed by atoms with Crippen molar-refractivity contribution in [1.29, 1.82) is 0 Å². The maximum Gasteiger partial charge on any atom is 0.329 e. The summed E-state index contributed by atoms with van der Waals surface area (Å²) in [5.41, 5.74) is -2.05. The van der Waals surface area contributed by atoms with Crippen molar-refractivity contribution < 1.29 is 77.4 Å². The van der Waals surface area contributed by atoms with E-state index in [1.54, 1.807) is 31.2 Å². The number of epoxide rings is 1. The number of allylic oxidation sites excluding steroid dienone is 1. The largest absolute Gasteiger partial charge is 0.507 e. The summed E-state index contributed by atoms with van der Waals surface area (Å²) in [4.78, 5) is 35.3. The first-order valence-corrected chi connectivity index (χ1v) is 24.5. The molecule has 73 heavy (non-hydrogen) atoms. The van der Waals surface area contributed by atoms with Crippen molar-refractivity contribution in [3.8, 4) is 52.4 Å². The lowest BCUT2D eigenvalue weighted by atomic mass is 9.88. The molecule has 6 heterocycles. The summed E-state index contributed by atoms with van der Waals surface area (Å²) in [7, 11) is 6.58. The van der Waals surface area contributed by atoms with Crippen molar-refractivity contribution >= 4 is 34.2 Å². The zero-order chi connectivity index (χ0) is 52.3. The van der Waals surface area contributed by atoms with E-state index in [4.69, 9.17) is 59.0 Å². The predicted octanol–water partition coefficient (Wildman–Crippen LogP) is 3.51. The Balaban J connectivity index is 1.09. The van der Waals surface area contributed by atoms with Gasteiger partial charge in [0, 0.05) is 47.6 Å². The van der Waals surface area contributed by atoms with Gasteiger partial charge in [-0.25, -0.2) is 9.78 Å². The van der Waals surface area contributed by atoms with Gasteiger partial charge in [0.25, 0.3) is 5.91 Å². The molecule has 19 nitrogen and oxygen atoms in total. The Morgan fingerprint density at radius 3 is 2.47 bits per heavy atom. The van der Waals surface area contributed by atoms with Gasteiger partial charge in [0.15, 0.2) is 46.7 Å². The van der Waals surface area contributed by atoms with E-state index in [1.165, 1.54) is 39.4 Å². The Morgan fingerprint density at radius 2 is 1.78 bits per heavy atom. The van der Waals surface area contributed by atoms with Crippen LogP contribution >= 0.6 is 11.6 Å². The third-order valence-corrected chi connectivity index (χ3v) is 14.1. The van der Waals surface area contributed by atoms with E-state index in [2.05, 4.69) is 34.0 Å². The number of phenols is 1. The molecule has 0 radical (unpaired) electrons. The number of hydrogen-bond acceptors (Lipinski definition) is 18. The van der Waals surface area contributed by atoms with Gasteiger partial charge < -0.3 is 78.0 Å². The summed E-state index contributed by atoms with van der Waals surface area (Å²) in [5, 5.41) is 48.0. The molecule has 1 aromatic heterocycles. The van der Waals surface area contributed by atoms with E-state index in [1.807, 2.05) is 39.8 Å². The number of rotatable bonds is 11. The number of phenolic OH excluding ortho intramolecular Hbond substituents is 1. The number of aliphatic hydroxyl groups is 3. The molecule has 1 amide bonds. The lowest BCUT2D eigenvalue weighted by Gasteiger charge is -2.43.